The molecule has 3 nitrogen and oxygen atoms in total. The lowest BCUT2D eigenvalue weighted by Crippen LogP contribution is -2.28. The third-order valence-corrected chi connectivity index (χ3v) is 2.66. The van der Waals surface area contributed by atoms with Gasteiger partial charge >= 0.3 is 0 Å². The molecule has 0 heterocycles. The normalized spacial score (nSPS) is 9.83. The maximum absolute atomic E-state index is 11.1. The molecule has 0 spiro atoms. The molecule has 0 aromatic heterocycles. The van der Waals surface area contributed by atoms with Gasteiger partial charge in [0.2, 0.25) is 5.91 Å². The third kappa shape index (κ3) is 3.10. The van der Waals surface area contributed by atoms with E-state index in [9.17, 15) is 4.79 Å². The van der Waals surface area contributed by atoms with Gasteiger partial charge in [0, 0.05) is 6.42 Å². The Hall–Kier alpha value is -2.29. The maximum atomic E-state index is 11.1. The second kappa shape index (κ2) is 5.87. The highest BCUT2D eigenvalue weighted by Gasteiger charge is 1.98. The molecular weight excluding hydrogens is 224 g/mol. The van der Waals surface area contributed by atoms with Gasteiger partial charge in [0.15, 0.2) is 0 Å². The van der Waals surface area contributed by atoms with Crippen LogP contribution >= 0.6 is 0 Å². The van der Waals surface area contributed by atoms with Crippen LogP contribution in [0.1, 0.15) is 13.3 Å². The van der Waals surface area contributed by atoms with E-state index in [1.807, 2.05) is 49.4 Å². The number of hydrogen-bond acceptors (Lipinski definition) is 2. The van der Waals surface area contributed by atoms with Crippen LogP contribution in [0.4, 0.5) is 5.69 Å². The summed E-state index contributed by atoms with van der Waals surface area (Å²) in [6.45, 7) is 1.81. The summed E-state index contributed by atoms with van der Waals surface area (Å²) < 4.78 is 0. The largest absolute Gasteiger partial charge is 0.299 e. The number of carbonyl (C=O) groups is 1. The topological polar surface area (TPSA) is 41.1 Å². The van der Waals surface area contributed by atoms with Gasteiger partial charge in [-0.05, 0) is 23.3 Å². The number of benzene rings is 2. The zero-order valence-electron chi connectivity index (χ0n) is 10.3. The average molecular weight is 240 g/mol. The molecule has 0 radical (unpaired) electrons. The van der Waals surface area contributed by atoms with Gasteiger partial charge in [0.1, 0.15) is 0 Å². The van der Waals surface area contributed by atoms with Crippen molar-refractivity contribution in [2.45, 2.75) is 13.3 Å². The second-order valence-corrected chi connectivity index (χ2v) is 3.97. The predicted octanol–water partition coefficient (Wildman–Crippen LogP) is 3.21. The van der Waals surface area contributed by atoms with Crippen molar-refractivity contribution in [1.29, 1.82) is 0 Å². The molecule has 92 valence electrons. The van der Waals surface area contributed by atoms with Crippen LogP contribution in [0.3, 0.4) is 0 Å². The summed E-state index contributed by atoms with van der Waals surface area (Å²) in [6, 6.07) is 18.1. The molecule has 1 amide bonds. The van der Waals surface area contributed by atoms with Crippen LogP contribution in [0, 0.1) is 0 Å². The monoisotopic (exact) mass is 240 g/mol. The fraction of sp³-hybridized carbons (Fsp3) is 0.133. The molecule has 2 rings (SSSR count). The number of amides is 1. The Morgan fingerprint density at radius 1 is 0.944 bits per heavy atom. The van der Waals surface area contributed by atoms with Gasteiger partial charge in [-0.15, -0.1) is 0 Å². The summed E-state index contributed by atoms with van der Waals surface area (Å²) >= 11 is 0. The van der Waals surface area contributed by atoms with E-state index in [4.69, 9.17) is 0 Å². The number of anilines is 1. The van der Waals surface area contributed by atoms with E-state index in [1.54, 1.807) is 0 Å². The minimum atomic E-state index is -0.0258. The SMILES string of the molecule is CCC(=O)NNc1ccc(-c2ccccc2)cc1. The average Bonchev–Trinajstić information content (AvgIpc) is 2.46. The fourth-order valence-corrected chi connectivity index (χ4v) is 1.61. The maximum Gasteiger partial charge on any atom is 0.238 e. The zero-order valence-corrected chi connectivity index (χ0v) is 10.3. The van der Waals surface area contributed by atoms with E-state index in [0.29, 0.717) is 6.42 Å². The number of carbonyl (C=O) groups excluding carboxylic acids is 1. The lowest BCUT2D eigenvalue weighted by molar-refractivity contribution is -0.120. The molecule has 0 saturated carbocycles. The van der Waals surface area contributed by atoms with E-state index in [-0.39, 0.29) is 5.91 Å². The van der Waals surface area contributed by atoms with Gasteiger partial charge in [-0.3, -0.25) is 15.6 Å². The first-order valence-corrected chi connectivity index (χ1v) is 6.00. The second-order valence-electron chi connectivity index (χ2n) is 3.97. The van der Waals surface area contributed by atoms with Gasteiger partial charge in [-0.25, -0.2) is 0 Å². The molecule has 2 aromatic carbocycles. The van der Waals surface area contributed by atoms with Gasteiger partial charge < -0.3 is 0 Å². The first-order chi connectivity index (χ1) is 8.79. The summed E-state index contributed by atoms with van der Waals surface area (Å²) in [5, 5.41) is 0. The van der Waals surface area contributed by atoms with Crippen molar-refractivity contribution in [3.8, 4) is 11.1 Å². The predicted molar refractivity (Wildman–Crippen MR) is 73.9 cm³/mol. The minimum Gasteiger partial charge on any atom is -0.299 e. The highest BCUT2D eigenvalue weighted by molar-refractivity contribution is 5.77. The molecule has 2 N–H and O–H groups in total. The van der Waals surface area contributed by atoms with Crippen LogP contribution in [0.2, 0.25) is 0 Å². The lowest BCUT2D eigenvalue weighted by Gasteiger charge is -2.08. The van der Waals surface area contributed by atoms with Crippen LogP contribution in [0.25, 0.3) is 11.1 Å². The smallest absolute Gasteiger partial charge is 0.238 e. The summed E-state index contributed by atoms with van der Waals surface area (Å²) in [6.07, 6.45) is 0.467. The number of rotatable bonds is 4. The van der Waals surface area contributed by atoms with Crippen LogP contribution in [-0.2, 0) is 4.79 Å². The van der Waals surface area contributed by atoms with Crippen molar-refractivity contribution in [1.82, 2.24) is 5.43 Å². The molecule has 0 fully saturated rings. The van der Waals surface area contributed by atoms with Crippen molar-refractivity contribution >= 4 is 11.6 Å². The van der Waals surface area contributed by atoms with Gasteiger partial charge in [0.25, 0.3) is 0 Å². The van der Waals surface area contributed by atoms with E-state index in [0.717, 1.165) is 11.3 Å². The molecular formula is C15H16N2O. The van der Waals surface area contributed by atoms with Crippen LogP contribution in [0.5, 0.6) is 0 Å². The Morgan fingerprint density at radius 2 is 1.56 bits per heavy atom. The molecule has 0 aliphatic carbocycles. The summed E-state index contributed by atoms with van der Waals surface area (Å²) in [5.41, 5.74) is 8.70. The van der Waals surface area contributed by atoms with Crippen LogP contribution in [-0.4, -0.2) is 5.91 Å². The van der Waals surface area contributed by atoms with E-state index < -0.39 is 0 Å². The van der Waals surface area contributed by atoms with Crippen molar-refractivity contribution in [2.24, 2.45) is 0 Å². The molecule has 3 heteroatoms. The van der Waals surface area contributed by atoms with E-state index in [2.05, 4.69) is 23.0 Å². The minimum absolute atomic E-state index is 0.0258. The Labute approximate surface area is 107 Å². The van der Waals surface area contributed by atoms with Crippen LogP contribution < -0.4 is 10.9 Å². The van der Waals surface area contributed by atoms with Gasteiger partial charge in [-0.1, -0.05) is 49.4 Å². The van der Waals surface area contributed by atoms with Crippen molar-refractivity contribution in [2.75, 3.05) is 5.43 Å². The van der Waals surface area contributed by atoms with Crippen molar-refractivity contribution in [3.05, 3.63) is 54.6 Å². The summed E-state index contributed by atoms with van der Waals surface area (Å²) in [4.78, 5) is 11.1. The highest BCUT2D eigenvalue weighted by Crippen LogP contribution is 2.20. The Bertz CT molecular complexity index is 506. The number of hydrogen-bond donors (Lipinski definition) is 2. The van der Waals surface area contributed by atoms with Gasteiger partial charge in [-0.2, -0.15) is 0 Å². The van der Waals surface area contributed by atoms with Crippen LogP contribution in [0.15, 0.2) is 54.6 Å². The standard InChI is InChI=1S/C15H16N2O/c1-2-15(18)17-16-14-10-8-13(9-11-14)12-6-4-3-5-7-12/h3-11,16H,2H2,1H3,(H,17,18). The highest BCUT2D eigenvalue weighted by atomic mass is 16.2. The van der Waals surface area contributed by atoms with E-state index in [1.165, 1.54) is 5.56 Å². The van der Waals surface area contributed by atoms with Crippen molar-refractivity contribution < 1.29 is 4.79 Å². The summed E-state index contributed by atoms with van der Waals surface area (Å²) in [7, 11) is 0. The Kier molecular flexibility index (Phi) is 3.97. The lowest BCUT2D eigenvalue weighted by atomic mass is 10.1. The molecule has 18 heavy (non-hydrogen) atoms. The number of hydrazine groups is 1. The third-order valence-electron chi connectivity index (χ3n) is 2.66. The first kappa shape index (κ1) is 12.2. The molecule has 0 bridgehead atoms. The van der Waals surface area contributed by atoms with Crippen molar-refractivity contribution in [3.63, 3.8) is 0 Å². The Balaban J connectivity index is 2.04. The zero-order chi connectivity index (χ0) is 12.8. The fourth-order valence-electron chi connectivity index (χ4n) is 1.61. The molecule has 0 atom stereocenters. The van der Waals surface area contributed by atoms with E-state index >= 15 is 0 Å². The molecule has 0 aliphatic heterocycles. The molecule has 0 aliphatic rings. The first-order valence-electron chi connectivity index (χ1n) is 6.00. The number of nitrogens with one attached hydrogen (secondary N) is 2. The summed E-state index contributed by atoms with van der Waals surface area (Å²) in [5.74, 6) is -0.0258. The van der Waals surface area contributed by atoms with Gasteiger partial charge in [0.05, 0.1) is 5.69 Å². The molecule has 0 saturated heterocycles. The molecule has 0 unspecified atom stereocenters. The Morgan fingerprint density at radius 3 is 2.17 bits per heavy atom. The molecule has 2 aromatic rings. The quantitative estimate of drug-likeness (QED) is 0.806.